The molecule has 1 radical (unpaired) electrons. The molecule has 0 saturated carbocycles. The summed E-state index contributed by atoms with van der Waals surface area (Å²) in [4.78, 5) is 14.7. The smallest absolute Gasteiger partial charge is 0.216 e. The van der Waals surface area contributed by atoms with Crippen LogP contribution in [0.25, 0.3) is 54.8 Å². The number of fused-ring (bicyclic) bond motifs is 4. The third-order valence-electron chi connectivity index (χ3n) is 7.18. The predicted octanol–water partition coefficient (Wildman–Crippen LogP) is 9.45. The van der Waals surface area contributed by atoms with E-state index in [0.717, 1.165) is 43.5 Å². The molecule has 0 amide bonds. The Labute approximate surface area is 262 Å². The van der Waals surface area contributed by atoms with Gasteiger partial charge in [0.1, 0.15) is 0 Å². The molecular formula is C35H29IrN3OS-2. The van der Waals surface area contributed by atoms with Crippen LogP contribution < -0.4 is 0 Å². The van der Waals surface area contributed by atoms with Crippen LogP contribution in [-0.2, 0) is 20.1 Å². The molecule has 0 saturated heterocycles. The maximum atomic E-state index is 7.57. The van der Waals surface area contributed by atoms with Crippen molar-refractivity contribution in [2.75, 3.05) is 0 Å². The van der Waals surface area contributed by atoms with Crippen LogP contribution >= 0.6 is 11.3 Å². The maximum absolute atomic E-state index is 7.57. The topological polar surface area (TPSA) is 51.8 Å². The van der Waals surface area contributed by atoms with Gasteiger partial charge >= 0.3 is 0 Å². The first kappa shape index (κ1) is 25.0. The van der Waals surface area contributed by atoms with Gasteiger partial charge in [0.15, 0.2) is 0 Å². The van der Waals surface area contributed by atoms with Crippen LogP contribution in [0.4, 0.5) is 0 Å². The normalized spacial score (nSPS) is 12.4. The molecule has 7 aromatic rings. The van der Waals surface area contributed by atoms with Crippen LogP contribution in [0, 0.1) is 53.6 Å². The van der Waals surface area contributed by atoms with E-state index in [0.29, 0.717) is 11.3 Å². The van der Waals surface area contributed by atoms with Crippen molar-refractivity contribution in [1.29, 1.82) is 0 Å². The number of hydrogen-bond donors (Lipinski definition) is 0. The molecular weight excluding hydrogens is 703 g/mol. The Kier molecular flexibility index (Phi) is 7.12. The van der Waals surface area contributed by atoms with Gasteiger partial charge < -0.3 is 9.40 Å². The summed E-state index contributed by atoms with van der Waals surface area (Å²) in [5, 5.41) is 1.65. The number of aryl methyl sites for hydroxylation is 6. The molecule has 0 aliphatic carbocycles. The zero-order valence-electron chi connectivity index (χ0n) is 26.3. The Hall–Kier alpha value is -3.70. The molecule has 0 unspecified atom stereocenters. The number of benzene rings is 2. The largest absolute Gasteiger partial charge is 0.486 e. The van der Waals surface area contributed by atoms with E-state index in [9.17, 15) is 0 Å². The number of furan rings is 1. The Bertz CT molecular complexity index is 2130. The van der Waals surface area contributed by atoms with E-state index in [2.05, 4.69) is 81.0 Å². The zero-order valence-corrected chi connectivity index (χ0v) is 26.6. The fourth-order valence-electron chi connectivity index (χ4n) is 4.59. The number of aromatic nitrogens is 3. The van der Waals surface area contributed by atoms with E-state index < -0.39 is 6.85 Å². The molecule has 4 nitrogen and oxygen atoms in total. The molecule has 0 spiro atoms. The van der Waals surface area contributed by atoms with Crippen molar-refractivity contribution < 1.29 is 28.6 Å². The van der Waals surface area contributed by atoms with E-state index in [1.807, 2.05) is 30.5 Å². The predicted molar refractivity (Wildman–Crippen MR) is 166 cm³/mol. The minimum absolute atomic E-state index is 0. The molecule has 0 fully saturated rings. The third-order valence-corrected chi connectivity index (χ3v) is 8.34. The van der Waals surface area contributed by atoms with Crippen molar-refractivity contribution in [3.05, 3.63) is 112 Å². The Morgan fingerprint density at radius 2 is 1.71 bits per heavy atom. The number of rotatable bonds is 2. The van der Waals surface area contributed by atoms with E-state index in [1.54, 1.807) is 17.4 Å². The van der Waals surface area contributed by atoms with Gasteiger partial charge in [0.25, 0.3) is 0 Å². The molecule has 0 atom stereocenters. The van der Waals surface area contributed by atoms with Crippen molar-refractivity contribution in [2.24, 2.45) is 0 Å². The average Bonchev–Trinajstić information content (AvgIpc) is 3.50. The van der Waals surface area contributed by atoms with Crippen LogP contribution in [0.1, 0.15) is 36.9 Å². The van der Waals surface area contributed by atoms with Crippen LogP contribution in [-0.4, -0.2) is 15.0 Å². The Morgan fingerprint density at radius 1 is 0.854 bits per heavy atom. The molecule has 0 aliphatic heterocycles. The molecule has 41 heavy (non-hydrogen) atoms. The number of thiophene rings is 1. The van der Waals surface area contributed by atoms with E-state index in [-0.39, 0.29) is 25.8 Å². The summed E-state index contributed by atoms with van der Waals surface area (Å²) < 4.78 is 29.9. The van der Waals surface area contributed by atoms with Crippen molar-refractivity contribution >= 4 is 43.6 Å². The second kappa shape index (κ2) is 11.7. The SMILES string of the molecule is Cc1c[c-]c(-c2cc(C)c(C)cn2)cc1.[2H]C([2H])([2H])c1ccc2c(n1)oc1c(-c3ccc4sc(C)c(C)c4n3)[c-]ccc12.[Ir]. The standard InChI is InChI=1S/C21H15N2OS.C14H14N.Ir/c1-11-7-8-15-14-5-4-6-16(20(14)24-21(15)22-11)17-9-10-18-19(23-17)12(2)13(3)25-18;1-10-4-6-13(7-5-10)14-8-11(2)12(3)9-15-14;/h4-5,7-10H,1-3H3;4-6,8-9H,1-3H3;/q2*-1;/i1D3;;. The van der Waals surface area contributed by atoms with Crippen molar-refractivity contribution in [3.63, 3.8) is 0 Å². The first-order valence-electron chi connectivity index (χ1n) is 14.5. The van der Waals surface area contributed by atoms with E-state index >= 15 is 0 Å². The van der Waals surface area contributed by atoms with Crippen LogP contribution in [0.3, 0.4) is 0 Å². The molecule has 2 aromatic carbocycles. The van der Waals surface area contributed by atoms with Gasteiger partial charge in [-0.1, -0.05) is 35.6 Å². The average molecular weight is 735 g/mol. The van der Waals surface area contributed by atoms with Crippen molar-refractivity contribution in [1.82, 2.24) is 15.0 Å². The Morgan fingerprint density at radius 3 is 2.46 bits per heavy atom. The quantitative estimate of drug-likeness (QED) is 0.166. The maximum Gasteiger partial charge on any atom is 0.216 e. The van der Waals surface area contributed by atoms with Gasteiger partial charge in [-0.2, -0.15) is 0 Å². The molecule has 0 aliphatic rings. The van der Waals surface area contributed by atoms with Gasteiger partial charge in [0.2, 0.25) is 5.71 Å². The van der Waals surface area contributed by atoms with Crippen molar-refractivity contribution in [2.45, 2.75) is 41.5 Å². The van der Waals surface area contributed by atoms with Crippen LogP contribution in [0.2, 0.25) is 0 Å². The first-order valence-corrected chi connectivity index (χ1v) is 13.8. The van der Waals surface area contributed by atoms with Gasteiger partial charge in [-0.05, 0) is 75.3 Å². The zero-order chi connectivity index (χ0) is 30.5. The minimum atomic E-state index is -2.27. The molecule has 207 valence electrons. The van der Waals surface area contributed by atoms with Gasteiger partial charge in [-0.15, -0.1) is 64.9 Å². The minimum Gasteiger partial charge on any atom is -0.486 e. The summed E-state index contributed by atoms with van der Waals surface area (Å²) in [6.07, 6.45) is 1.92. The molecule has 5 heterocycles. The second-order valence-corrected chi connectivity index (χ2v) is 11.3. The molecule has 7 rings (SSSR count). The van der Waals surface area contributed by atoms with Crippen molar-refractivity contribution in [3.8, 4) is 22.5 Å². The van der Waals surface area contributed by atoms with Crippen LogP contribution in [0.5, 0.6) is 0 Å². The molecule has 5 aromatic heterocycles. The fourth-order valence-corrected chi connectivity index (χ4v) is 5.60. The summed E-state index contributed by atoms with van der Waals surface area (Å²) in [6, 6.07) is 25.8. The summed E-state index contributed by atoms with van der Waals surface area (Å²) in [5.74, 6) is 0. The van der Waals surface area contributed by atoms with Gasteiger partial charge in [-0.3, -0.25) is 4.98 Å². The fraction of sp³-hybridized carbons (Fsp3) is 0.171. The first-order chi connectivity index (χ1) is 20.5. The second-order valence-electron chi connectivity index (χ2n) is 10.0. The van der Waals surface area contributed by atoms with Gasteiger partial charge in [0, 0.05) is 46.4 Å². The van der Waals surface area contributed by atoms with E-state index in [4.69, 9.17) is 13.5 Å². The molecule has 0 bridgehead atoms. The third kappa shape index (κ3) is 5.60. The number of hydrogen-bond acceptors (Lipinski definition) is 5. The monoisotopic (exact) mass is 735 g/mol. The van der Waals surface area contributed by atoms with Crippen LogP contribution in [0.15, 0.2) is 71.3 Å². The van der Waals surface area contributed by atoms with E-state index in [1.165, 1.54) is 33.2 Å². The summed E-state index contributed by atoms with van der Waals surface area (Å²) in [6.45, 7) is 8.15. The van der Waals surface area contributed by atoms with Gasteiger partial charge in [0.05, 0.1) is 15.8 Å². The Balaban J connectivity index is 0.000000204. The summed E-state index contributed by atoms with van der Waals surface area (Å²) in [5.41, 5.74) is 10.4. The summed E-state index contributed by atoms with van der Waals surface area (Å²) >= 11 is 1.73. The number of nitrogens with zero attached hydrogens (tertiary/aromatic N) is 3. The number of pyridine rings is 3. The summed E-state index contributed by atoms with van der Waals surface area (Å²) in [7, 11) is 0. The molecule has 0 N–H and O–H groups in total. The molecule has 6 heteroatoms. The van der Waals surface area contributed by atoms with Gasteiger partial charge in [-0.25, -0.2) is 4.98 Å².